The lowest BCUT2D eigenvalue weighted by molar-refractivity contribution is -0.108. The summed E-state index contributed by atoms with van der Waals surface area (Å²) in [6, 6.07) is 0. The Labute approximate surface area is 66.9 Å². The third kappa shape index (κ3) is 5.15. The molecule has 0 atom stereocenters. The maximum Gasteiger partial charge on any atom is 0.123 e. The second-order valence-corrected chi connectivity index (χ2v) is 1.81. The molecule has 0 unspecified atom stereocenters. The minimum absolute atomic E-state index is 0.398. The molecule has 11 heavy (non-hydrogen) atoms. The molecule has 2 heteroatoms. The number of rotatable bonds is 6. The quantitative estimate of drug-likeness (QED) is 0.251. The van der Waals surface area contributed by atoms with Crippen molar-refractivity contribution < 1.29 is 9.53 Å². The summed E-state index contributed by atoms with van der Waals surface area (Å²) in [7, 11) is 0. The van der Waals surface area contributed by atoms with Gasteiger partial charge in [-0.1, -0.05) is 19.2 Å². The minimum atomic E-state index is 0.398. The van der Waals surface area contributed by atoms with Gasteiger partial charge < -0.3 is 9.53 Å². The first-order valence-electron chi connectivity index (χ1n) is 3.36. The van der Waals surface area contributed by atoms with E-state index >= 15 is 0 Å². The van der Waals surface area contributed by atoms with Crippen LogP contribution in [0.25, 0.3) is 0 Å². The Balaban J connectivity index is 3.69. The van der Waals surface area contributed by atoms with E-state index in [9.17, 15) is 4.79 Å². The van der Waals surface area contributed by atoms with E-state index in [4.69, 9.17) is 4.74 Å². The van der Waals surface area contributed by atoms with Crippen LogP contribution in [0.5, 0.6) is 0 Å². The Morgan fingerprint density at radius 2 is 2.18 bits per heavy atom. The molecule has 0 heterocycles. The van der Waals surface area contributed by atoms with Crippen LogP contribution in [0, 0.1) is 0 Å². The van der Waals surface area contributed by atoms with E-state index in [2.05, 4.69) is 13.2 Å². The first kappa shape index (κ1) is 9.69. The smallest absolute Gasteiger partial charge is 0.123 e. The van der Waals surface area contributed by atoms with Crippen molar-refractivity contribution in [3.8, 4) is 0 Å². The van der Waals surface area contributed by atoms with Gasteiger partial charge in [0.05, 0.1) is 6.61 Å². The second kappa shape index (κ2) is 6.81. The highest BCUT2D eigenvalue weighted by atomic mass is 16.5. The number of carbonyl (C=O) groups excluding carboxylic acids is 1. The maximum absolute atomic E-state index is 9.89. The fourth-order valence-corrected chi connectivity index (χ4v) is 0.516. The summed E-state index contributed by atoms with van der Waals surface area (Å²) in [5, 5.41) is 0. The van der Waals surface area contributed by atoms with Gasteiger partial charge in [0.25, 0.3) is 0 Å². The summed E-state index contributed by atoms with van der Waals surface area (Å²) in [6.07, 6.45) is 6.10. The molecule has 2 nitrogen and oxygen atoms in total. The topological polar surface area (TPSA) is 26.3 Å². The van der Waals surface area contributed by atoms with Gasteiger partial charge in [-0.15, -0.1) is 0 Å². The zero-order valence-electron chi connectivity index (χ0n) is 6.45. The van der Waals surface area contributed by atoms with Crippen LogP contribution < -0.4 is 0 Å². The Hall–Kier alpha value is -1.31. The van der Waals surface area contributed by atoms with Crippen LogP contribution in [0.3, 0.4) is 0 Å². The molecule has 0 aromatic rings. The van der Waals surface area contributed by atoms with Gasteiger partial charge in [0.15, 0.2) is 0 Å². The van der Waals surface area contributed by atoms with Crippen molar-refractivity contribution in [3.05, 3.63) is 37.1 Å². The average molecular weight is 152 g/mol. The Bertz CT molecular complexity index is 168. The van der Waals surface area contributed by atoms with Gasteiger partial charge in [-0.05, 0) is 12.2 Å². The van der Waals surface area contributed by atoms with Crippen LogP contribution in [-0.2, 0) is 9.53 Å². The first-order valence-corrected chi connectivity index (χ1v) is 3.36. The molecule has 0 N–H and O–H groups in total. The summed E-state index contributed by atoms with van der Waals surface area (Å²) in [5.41, 5.74) is 0. The highest BCUT2D eigenvalue weighted by Crippen LogP contribution is 1.98. The molecule has 0 aliphatic carbocycles. The maximum atomic E-state index is 9.89. The van der Waals surface area contributed by atoms with Crippen LogP contribution in [-0.4, -0.2) is 12.9 Å². The van der Waals surface area contributed by atoms with Gasteiger partial charge in [-0.25, -0.2) is 0 Å². The van der Waals surface area contributed by atoms with Gasteiger partial charge in [-0.2, -0.15) is 0 Å². The van der Waals surface area contributed by atoms with Crippen molar-refractivity contribution >= 4 is 6.29 Å². The molecule has 0 saturated carbocycles. The number of carbonyl (C=O) groups is 1. The molecule has 0 radical (unpaired) electrons. The molecule has 0 amide bonds. The Morgan fingerprint density at radius 1 is 1.45 bits per heavy atom. The lowest BCUT2D eigenvalue weighted by Crippen LogP contribution is -1.92. The van der Waals surface area contributed by atoms with Gasteiger partial charge >= 0.3 is 0 Å². The molecular formula is C9H12O2. The largest absolute Gasteiger partial charge is 0.493 e. The van der Waals surface area contributed by atoms with Crippen molar-refractivity contribution in [2.24, 2.45) is 0 Å². The van der Waals surface area contributed by atoms with E-state index in [0.29, 0.717) is 18.8 Å². The Kier molecular flexibility index (Phi) is 5.99. The van der Waals surface area contributed by atoms with Crippen molar-refractivity contribution in [1.82, 2.24) is 0 Å². The van der Waals surface area contributed by atoms with Crippen LogP contribution in [0.15, 0.2) is 37.1 Å². The number of aldehydes is 1. The third-order valence-electron chi connectivity index (χ3n) is 0.988. The van der Waals surface area contributed by atoms with Crippen molar-refractivity contribution in [1.29, 1.82) is 0 Å². The van der Waals surface area contributed by atoms with Gasteiger partial charge in [0.2, 0.25) is 0 Å². The van der Waals surface area contributed by atoms with Crippen LogP contribution in [0.4, 0.5) is 0 Å². The molecule has 0 aromatic heterocycles. The lowest BCUT2D eigenvalue weighted by Gasteiger charge is -2.02. The van der Waals surface area contributed by atoms with E-state index in [-0.39, 0.29) is 0 Å². The third-order valence-corrected chi connectivity index (χ3v) is 0.988. The predicted octanol–water partition coefficient (Wildman–Crippen LogP) is 1.85. The molecular weight excluding hydrogens is 140 g/mol. The molecule has 0 aliphatic heterocycles. The average Bonchev–Trinajstić information content (AvgIpc) is 2.03. The van der Waals surface area contributed by atoms with Gasteiger partial charge in [0, 0.05) is 6.42 Å². The van der Waals surface area contributed by atoms with Crippen molar-refractivity contribution in [2.45, 2.75) is 6.42 Å². The van der Waals surface area contributed by atoms with E-state index in [1.165, 1.54) is 0 Å². The van der Waals surface area contributed by atoms with Crippen LogP contribution >= 0.6 is 0 Å². The zero-order chi connectivity index (χ0) is 8.53. The lowest BCUT2D eigenvalue weighted by atomic mass is 10.4. The van der Waals surface area contributed by atoms with Crippen molar-refractivity contribution in [2.75, 3.05) is 6.61 Å². The summed E-state index contributed by atoms with van der Waals surface area (Å²) in [6.45, 7) is 7.43. The Morgan fingerprint density at radius 3 is 2.64 bits per heavy atom. The SMILES string of the molecule is C=C/C=C(\C=C)OCCC=O. The van der Waals surface area contributed by atoms with E-state index in [1.807, 2.05) is 0 Å². The minimum Gasteiger partial charge on any atom is -0.493 e. The van der Waals surface area contributed by atoms with Gasteiger partial charge in [0.1, 0.15) is 12.0 Å². The van der Waals surface area contributed by atoms with Crippen LogP contribution in [0.2, 0.25) is 0 Å². The highest BCUT2D eigenvalue weighted by molar-refractivity contribution is 5.49. The number of hydrogen-bond acceptors (Lipinski definition) is 2. The normalized spacial score (nSPS) is 10.4. The monoisotopic (exact) mass is 152 g/mol. The van der Waals surface area contributed by atoms with E-state index in [1.54, 1.807) is 18.2 Å². The molecule has 0 bridgehead atoms. The fraction of sp³-hybridized carbons (Fsp3) is 0.222. The highest BCUT2D eigenvalue weighted by Gasteiger charge is 1.88. The molecule has 0 rings (SSSR count). The number of hydrogen-bond donors (Lipinski definition) is 0. The second-order valence-electron chi connectivity index (χ2n) is 1.81. The zero-order valence-corrected chi connectivity index (χ0v) is 6.45. The molecule has 0 saturated heterocycles. The van der Waals surface area contributed by atoms with E-state index < -0.39 is 0 Å². The molecule has 0 aromatic carbocycles. The predicted molar refractivity (Wildman–Crippen MR) is 45.1 cm³/mol. The summed E-state index contributed by atoms with van der Waals surface area (Å²) < 4.78 is 5.11. The molecule has 0 aliphatic rings. The first-order chi connectivity index (χ1) is 5.35. The summed E-state index contributed by atoms with van der Waals surface area (Å²) >= 11 is 0. The summed E-state index contributed by atoms with van der Waals surface area (Å²) in [5.74, 6) is 0.641. The molecule has 0 fully saturated rings. The fourth-order valence-electron chi connectivity index (χ4n) is 0.516. The number of allylic oxidation sites excluding steroid dienone is 3. The van der Waals surface area contributed by atoms with Gasteiger partial charge in [-0.3, -0.25) is 0 Å². The summed E-state index contributed by atoms with van der Waals surface area (Å²) in [4.78, 5) is 9.89. The molecule has 0 spiro atoms. The standard InChI is InChI=1S/C9H12O2/c1-3-6-9(4-2)11-8-5-7-10/h3-4,6-7H,1-2,5,8H2/b9-6+. The van der Waals surface area contributed by atoms with Crippen LogP contribution in [0.1, 0.15) is 6.42 Å². The van der Waals surface area contributed by atoms with E-state index in [0.717, 1.165) is 6.29 Å². The molecule has 60 valence electrons. The number of ether oxygens (including phenoxy) is 1. The van der Waals surface area contributed by atoms with Crippen molar-refractivity contribution in [3.63, 3.8) is 0 Å².